The molecule has 3 aromatic heterocycles. The molecule has 0 atom stereocenters. The van der Waals surface area contributed by atoms with E-state index in [0.717, 1.165) is 62.4 Å². The Kier molecular flexibility index (Phi) is 6.50. The fourth-order valence-electron chi connectivity index (χ4n) is 4.73. The minimum Gasteiger partial charge on any atom is -0.493 e. The zero-order valence-electron chi connectivity index (χ0n) is 22.0. The standard InChI is InChI=1S/C29H28N8O2/c1-37-35-27(34-36-37)20-10-11-21-22(17-20)31-29-26(21)28(32-25(33-29)16-18-7-5-4-6-8-18)30-14-13-19-9-12-23(38-2)24(15-19)39-3/h4-12,15,17H,13-14,16H2,1-3H3,(H2,30,31,32,33). The average Bonchev–Trinajstić information content (AvgIpc) is 3.56. The highest BCUT2D eigenvalue weighted by Crippen LogP contribution is 2.32. The molecule has 39 heavy (non-hydrogen) atoms. The fraction of sp³-hybridized carbons (Fsp3) is 0.207. The summed E-state index contributed by atoms with van der Waals surface area (Å²) in [5.74, 6) is 3.54. The van der Waals surface area contributed by atoms with E-state index in [4.69, 9.17) is 19.4 Å². The number of H-pyrrole nitrogens is 1. The zero-order chi connectivity index (χ0) is 26.8. The SMILES string of the molecule is COc1ccc(CCNc2nc(Cc3ccccc3)nc3[nH]c4cc(-c5nnn(C)n5)ccc4c23)cc1OC. The number of hydrogen-bond donors (Lipinski definition) is 2. The van der Waals surface area contributed by atoms with E-state index in [-0.39, 0.29) is 0 Å². The molecule has 6 rings (SSSR count). The van der Waals surface area contributed by atoms with Crippen molar-refractivity contribution in [3.8, 4) is 22.9 Å². The maximum absolute atomic E-state index is 5.47. The molecular weight excluding hydrogens is 492 g/mol. The Balaban J connectivity index is 1.35. The van der Waals surface area contributed by atoms with E-state index in [1.807, 2.05) is 48.5 Å². The number of nitrogens with zero attached hydrogens (tertiary/aromatic N) is 6. The van der Waals surface area contributed by atoms with Crippen molar-refractivity contribution in [3.63, 3.8) is 0 Å². The Morgan fingerprint density at radius 2 is 1.74 bits per heavy atom. The first-order valence-electron chi connectivity index (χ1n) is 12.7. The van der Waals surface area contributed by atoms with Crippen molar-refractivity contribution in [3.05, 3.63) is 83.7 Å². The Labute approximate surface area is 225 Å². The number of ether oxygens (including phenoxy) is 2. The fourth-order valence-corrected chi connectivity index (χ4v) is 4.73. The number of aryl methyl sites for hydroxylation is 1. The second-order valence-electron chi connectivity index (χ2n) is 9.23. The molecule has 0 amide bonds. The van der Waals surface area contributed by atoms with Gasteiger partial charge in [0.1, 0.15) is 17.3 Å². The average molecular weight is 521 g/mol. The van der Waals surface area contributed by atoms with Crippen LogP contribution in [0.1, 0.15) is 17.0 Å². The van der Waals surface area contributed by atoms with Crippen molar-refractivity contribution in [2.75, 3.05) is 26.1 Å². The first kappa shape index (κ1) is 24.4. The van der Waals surface area contributed by atoms with E-state index in [2.05, 4.69) is 43.9 Å². The molecule has 3 aromatic carbocycles. The second kappa shape index (κ2) is 10.4. The van der Waals surface area contributed by atoms with Crippen LogP contribution in [0.2, 0.25) is 0 Å². The first-order valence-corrected chi connectivity index (χ1v) is 12.7. The molecule has 3 heterocycles. The van der Waals surface area contributed by atoms with Gasteiger partial charge in [-0.2, -0.15) is 4.80 Å². The molecule has 196 valence electrons. The third-order valence-electron chi connectivity index (χ3n) is 6.62. The normalized spacial score (nSPS) is 11.3. The Hall–Kier alpha value is -4.99. The molecule has 0 aliphatic heterocycles. The molecule has 10 heteroatoms. The summed E-state index contributed by atoms with van der Waals surface area (Å²) in [6, 6.07) is 22.3. The van der Waals surface area contributed by atoms with E-state index < -0.39 is 0 Å². The smallest absolute Gasteiger partial charge is 0.204 e. The summed E-state index contributed by atoms with van der Waals surface area (Å²) < 4.78 is 10.8. The van der Waals surface area contributed by atoms with Gasteiger partial charge in [-0.1, -0.05) is 48.5 Å². The predicted molar refractivity (Wildman–Crippen MR) is 150 cm³/mol. The van der Waals surface area contributed by atoms with Gasteiger partial charge in [-0.3, -0.25) is 0 Å². The molecule has 0 unspecified atom stereocenters. The van der Waals surface area contributed by atoms with Crippen molar-refractivity contribution < 1.29 is 9.47 Å². The van der Waals surface area contributed by atoms with Crippen LogP contribution in [0.3, 0.4) is 0 Å². The molecule has 0 aliphatic rings. The predicted octanol–water partition coefficient (Wildman–Crippen LogP) is 4.56. The maximum Gasteiger partial charge on any atom is 0.204 e. The van der Waals surface area contributed by atoms with Gasteiger partial charge in [-0.25, -0.2) is 9.97 Å². The highest BCUT2D eigenvalue weighted by atomic mass is 16.5. The number of nitrogens with one attached hydrogen (secondary N) is 2. The van der Waals surface area contributed by atoms with E-state index in [1.165, 1.54) is 4.80 Å². The van der Waals surface area contributed by atoms with Crippen LogP contribution in [0.15, 0.2) is 66.7 Å². The molecule has 0 saturated heterocycles. The van der Waals surface area contributed by atoms with Gasteiger partial charge in [0.25, 0.3) is 0 Å². The first-order chi connectivity index (χ1) is 19.1. The quantitative estimate of drug-likeness (QED) is 0.285. The summed E-state index contributed by atoms with van der Waals surface area (Å²) in [5.41, 5.74) is 4.88. The van der Waals surface area contributed by atoms with Gasteiger partial charge in [0.05, 0.1) is 26.7 Å². The Morgan fingerprint density at radius 3 is 2.51 bits per heavy atom. The van der Waals surface area contributed by atoms with Gasteiger partial charge in [0.15, 0.2) is 11.5 Å². The number of tetrazole rings is 1. The van der Waals surface area contributed by atoms with Crippen LogP contribution in [0.25, 0.3) is 33.3 Å². The number of benzene rings is 3. The minimum absolute atomic E-state index is 0.571. The van der Waals surface area contributed by atoms with Crippen LogP contribution >= 0.6 is 0 Å². The van der Waals surface area contributed by atoms with Gasteiger partial charge in [0.2, 0.25) is 5.82 Å². The Bertz CT molecular complexity index is 1760. The number of hydrogen-bond acceptors (Lipinski definition) is 8. The van der Waals surface area contributed by atoms with Crippen LogP contribution in [-0.4, -0.2) is 55.9 Å². The third-order valence-corrected chi connectivity index (χ3v) is 6.62. The van der Waals surface area contributed by atoms with Crippen LogP contribution in [-0.2, 0) is 19.9 Å². The summed E-state index contributed by atoms with van der Waals surface area (Å²) in [4.78, 5) is 14.8. The van der Waals surface area contributed by atoms with Crippen LogP contribution in [0, 0.1) is 0 Å². The van der Waals surface area contributed by atoms with Gasteiger partial charge in [-0.05, 0) is 41.0 Å². The molecule has 2 N–H and O–H groups in total. The molecule has 0 saturated carbocycles. The summed E-state index contributed by atoms with van der Waals surface area (Å²) in [5, 5.41) is 18.0. The topological polar surface area (TPSA) is 116 Å². The van der Waals surface area contributed by atoms with Gasteiger partial charge in [-0.15, -0.1) is 10.2 Å². The number of anilines is 1. The molecular formula is C29H28N8O2. The molecule has 0 radical (unpaired) electrons. The van der Waals surface area contributed by atoms with Crippen molar-refractivity contribution in [2.45, 2.75) is 12.8 Å². The molecule has 6 aromatic rings. The van der Waals surface area contributed by atoms with Crippen molar-refractivity contribution in [1.29, 1.82) is 0 Å². The van der Waals surface area contributed by atoms with Gasteiger partial charge < -0.3 is 19.8 Å². The summed E-state index contributed by atoms with van der Waals surface area (Å²) in [7, 11) is 5.04. The lowest BCUT2D eigenvalue weighted by molar-refractivity contribution is 0.354. The number of aromatic nitrogens is 7. The van der Waals surface area contributed by atoms with Gasteiger partial charge in [0, 0.05) is 29.4 Å². The lowest BCUT2D eigenvalue weighted by atomic mass is 10.1. The lowest BCUT2D eigenvalue weighted by Gasteiger charge is -2.12. The molecule has 0 fully saturated rings. The van der Waals surface area contributed by atoms with Crippen molar-refractivity contribution >= 4 is 27.8 Å². The molecule has 0 aliphatic carbocycles. The second-order valence-corrected chi connectivity index (χ2v) is 9.23. The van der Waals surface area contributed by atoms with Crippen molar-refractivity contribution in [2.24, 2.45) is 7.05 Å². The van der Waals surface area contributed by atoms with E-state index in [9.17, 15) is 0 Å². The zero-order valence-corrected chi connectivity index (χ0v) is 22.0. The third kappa shape index (κ3) is 4.96. The summed E-state index contributed by atoms with van der Waals surface area (Å²) >= 11 is 0. The molecule has 0 bridgehead atoms. The number of rotatable bonds is 9. The van der Waals surface area contributed by atoms with Gasteiger partial charge >= 0.3 is 0 Å². The van der Waals surface area contributed by atoms with E-state index in [1.54, 1.807) is 21.3 Å². The summed E-state index contributed by atoms with van der Waals surface area (Å²) in [6.45, 7) is 0.681. The monoisotopic (exact) mass is 520 g/mol. The number of methoxy groups -OCH3 is 2. The minimum atomic E-state index is 0.571. The maximum atomic E-state index is 5.47. The lowest BCUT2D eigenvalue weighted by Crippen LogP contribution is -2.09. The van der Waals surface area contributed by atoms with Crippen molar-refractivity contribution in [1.82, 2.24) is 35.2 Å². The van der Waals surface area contributed by atoms with Crippen LogP contribution < -0.4 is 14.8 Å². The highest BCUT2D eigenvalue weighted by molar-refractivity contribution is 6.11. The molecule has 0 spiro atoms. The van der Waals surface area contributed by atoms with Crippen LogP contribution in [0.5, 0.6) is 11.5 Å². The number of fused-ring (bicyclic) bond motifs is 3. The van der Waals surface area contributed by atoms with E-state index >= 15 is 0 Å². The Morgan fingerprint density at radius 1 is 0.897 bits per heavy atom. The van der Waals surface area contributed by atoms with Crippen LogP contribution in [0.4, 0.5) is 5.82 Å². The molecule has 10 nitrogen and oxygen atoms in total. The summed E-state index contributed by atoms with van der Waals surface area (Å²) in [6.07, 6.45) is 1.41. The van der Waals surface area contributed by atoms with E-state index in [0.29, 0.717) is 24.5 Å². The largest absolute Gasteiger partial charge is 0.493 e. The highest BCUT2D eigenvalue weighted by Gasteiger charge is 2.16. The number of aromatic amines is 1.